The number of ketones is 1. The van der Waals surface area contributed by atoms with Gasteiger partial charge in [-0.05, 0) is 37.0 Å². The molecule has 0 aromatic heterocycles. The zero-order valence-electron chi connectivity index (χ0n) is 10.2. The van der Waals surface area contributed by atoms with Crippen molar-refractivity contribution in [3.05, 3.63) is 70.8 Å². The molecule has 0 saturated heterocycles. The summed E-state index contributed by atoms with van der Waals surface area (Å²) in [7, 11) is 0. The summed E-state index contributed by atoms with van der Waals surface area (Å²) in [5, 5.41) is 0. The standard InChI is InChI=1S/C16H16O/c1-12-15(9-6-10-16(12)13(2)17)11-14-7-4-3-5-8-14/h3-10H,11H2,1-2H3. The van der Waals surface area contributed by atoms with Gasteiger partial charge in [0, 0.05) is 5.56 Å². The van der Waals surface area contributed by atoms with Crippen molar-refractivity contribution in [3.8, 4) is 0 Å². The average molecular weight is 224 g/mol. The molecule has 0 saturated carbocycles. The first-order valence-electron chi connectivity index (χ1n) is 5.82. The second kappa shape index (κ2) is 4.96. The third-order valence-electron chi connectivity index (χ3n) is 3.06. The van der Waals surface area contributed by atoms with Crippen LogP contribution >= 0.6 is 0 Å². The molecule has 0 atom stereocenters. The van der Waals surface area contributed by atoms with Crippen molar-refractivity contribution in [1.82, 2.24) is 0 Å². The molecule has 2 rings (SSSR count). The highest BCUT2D eigenvalue weighted by molar-refractivity contribution is 5.95. The Hall–Kier alpha value is -1.89. The zero-order chi connectivity index (χ0) is 12.3. The number of benzene rings is 2. The Morgan fingerprint density at radius 2 is 1.71 bits per heavy atom. The van der Waals surface area contributed by atoms with Gasteiger partial charge in [0.25, 0.3) is 0 Å². The molecule has 0 amide bonds. The topological polar surface area (TPSA) is 17.1 Å². The van der Waals surface area contributed by atoms with Crippen LogP contribution in [0.2, 0.25) is 0 Å². The Labute approximate surface area is 102 Å². The van der Waals surface area contributed by atoms with Gasteiger partial charge < -0.3 is 0 Å². The maximum absolute atomic E-state index is 11.5. The van der Waals surface area contributed by atoms with Gasteiger partial charge in [-0.3, -0.25) is 4.79 Å². The molecule has 0 spiro atoms. The summed E-state index contributed by atoms with van der Waals surface area (Å²) in [5.41, 5.74) is 4.43. The lowest BCUT2D eigenvalue weighted by Crippen LogP contribution is -2.00. The third-order valence-corrected chi connectivity index (χ3v) is 3.06. The molecule has 0 aliphatic rings. The van der Waals surface area contributed by atoms with Crippen LogP contribution in [-0.2, 0) is 6.42 Å². The molecule has 2 aromatic rings. The Morgan fingerprint density at radius 3 is 2.35 bits per heavy atom. The van der Waals surface area contributed by atoms with Gasteiger partial charge in [0.2, 0.25) is 0 Å². The normalized spacial score (nSPS) is 10.2. The van der Waals surface area contributed by atoms with Crippen molar-refractivity contribution in [2.24, 2.45) is 0 Å². The number of hydrogen-bond donors (Lipinski definition) is 0. The van der Waals surface area contributed by atoms with E-state index >= 15 is 0 Å². The lowest BCUT2D eigenvalue weighted by Gasteiger charge is -2.09. The average Bonchev–Trinajstić information content (AvgIpc) is 2.33. The fourth-order valence-corrected chi connectivity index (χ4v) is 2.07. The molecule has 0 aliphatic carbocycles. The first-order chi connectivity index (χ1) is 8.18. The van der Waals surface area contributed by atoms with Gasteiger partial charge >= 0.3 is 0 Å². The molecular formula is C16H16O. The van der Waals surface area contributed by atoms with Gasteiger partial charge in [-0.15, -0.1) is 0 Å². The molecule has 86 valence electrons. The van der Waals surface area contributed by atoms with E-state index < -0.39 is 0 Å². The van der Waals surface area contributed by atoms with Crippen LogP contribution in [0.4, 0.5) is 0 Å². The van der Waals surface area contributed by atoms with Gasteiger partial charge in [0.15, 0.2) is 5.78 Å². The van der Waals surface area contributed by atoms with Crippen LogP contribution in [0.5, 0.6) is 0 Å². The fourth-order valence-electron chi connectivity index (χ4n) is 2.07. The zero-order valence-corrected chi connectivity index (χ0v) is 10.2. The first-order valence-corrected chi connectivity index (χ1v) is 5.82. The molecule has 0 radical (unpaired) electrons. The van der Waals surface area contributed by atoms with E-state index in [0.29, 0.717) is 0 Å². The number of hydrogen-bond acceptors (Lipinski definition) is 1. The Balaban J connectivity index is 2.34. The summed E-state index contributed by atoms with van der Waals surface area (Å²) in [6.45, 7) is 3.64. The highest BCUT2D eigenvalue weighted by Gasteiger charge is 2.07. The minimum absolute atomic E-state index is 0.136. The van der Waals surface area contributed by atoms with Crippen LogP contribution in [0.15, 0.2) is 48.5 Å². The van der Waals surface area contributed by atoms with E-state index in [4.69, 9.17) is 0 Å². The summed E-state index contributed by atoms with van der Waals surface area (Å²) in [4.78, 5) is 11.5. The third kappa shape index (κ3) is 2.62. The molecular weight excluding hydrogens is 208 g/mol. The second-order valence-electron chi connectivity index (χ2n) is 4.31. The van der Waals surface area contributed by atoms with Crippen LogP contribution in [0.3, 0.4) is 0 Å². The van der Waals surface area contributed by atoms with E-state index in [-0.39, 0.29) is 5.78 Å². The van der Waals surface area contributed by atoms with Crippen molar-refractivity contribution >= 4 is 5.78 Å². The van der Waals surface area contributed by atoms with Crippen molar-refractivity contribution in [2.75, 3.05) is 0 Å². The monoisotopic (exact) mass is 224 g/mol. The summed E-state index contributed by atoms with van der Waals surface area (Å²) >= 11 is 0. The number of carbonyl (C=O) groups excluding carboxylic acids is 1. The minimum Gasteiger partial charge on any atom is -0.295 e. The number of Topliss-reactive ketones (excluding diaryl/α,β-unsaturated/α-hetero) is 1. The highest BCUT2D eigenvalue weighted by atomic mass is 16.1. The predicted octanol–water partition coefficient (Wildman–Crippen LogP) is 3.79. The molecule has 0 heterocycles. The van der Waals surface area contributed by atoms with Crippen LogP contribution in [0, 0.1) is 6.92 Å². The number of rotatable bonds is 3. The highest BCUT2D eigenvalue weighted by Crippen LogP contribution is 2.18. The molecule has 0 aliphatic heterocycles. The van der Waals surface area contributed by atoms with Crippen LogP contribution in [-0.4, -0.2) is 5.78 Å². The largest absolute Gasteiger partial charge is 0.295 e. The lowest BCUT2D eigenvalue weighted by molar-refractivity contribution is 0.101. The molecule has 0 bridgehead atoms. The Kier molecular flexibility index (Phi) is 3.38. The van der Waals surface area contributed by atoms with E-state index in [0.717, 1.165) is 17.5 Å². The van der Waals surface area contributed by atoms with Gasteiger partial charge in [-0.1, -0.05) is 48.5 Å². The Bertz CT molecular complexity index is 526. The summed E-state index contributed by atoms with van der Waals surface area (Å²) in [6, 6.07) is 16.3. The van der Waals surface area contributed by atoms with Crippen molar-refractivity contribution in [1.29, 1.82) is 0 Å². The molecule has 17 heavy (non-hydrogen) atoms. The fraction of sp³-hybridized carbons (Fsp3) is 0.188. The van der Waals surface area contributed by atoms with Crippen molar-refractivity contribution < 1.29 is 4.79 Å². The molecule has 0 unspecified atom stereocenters. The quantitative estimate of drug-likeness (QED) is 0.725. The SMILES string of the molecule is CC(=O)c1cccc(Cc2ccccc2)c1C. The van der Waals surface area contributed by atoms with E-state index in [1.54, 1.807) is 6.92 Å². The van der Waals surface area contributed by atoms with Crippen LogP contribution in [0.1, 0.15) is 34.0 Å². The smallest absolute Gasteiger partial charge is 0.160 e. The molecule has 0 N–H and O–H groups in total. The van der Waals surface area contributed by atoms with Crippen molar-refractivity contribution in [3.63, 3.8) is 0 Å². The van der Waals surface area contributed by atoms with Crippen LogP contribution in [0.25, 0.3) is 0 Å². The summed E-state index contributed by atoms with van der Waals surface area (Å²) in [5.74, 6) is 0.136. The first kappa shape index (κ1) is 11.6. The van der Waals surface area contributed by atoms with E-state index in [1.807, 2.05) is 37.3 Å². The number of carbonyl (C=O) groups is 1. The van der Waals surface area contributed by atoms with E-state index in [9.17, 15) is 4.79 Å². The van der Waals surface area contributed by atoms with Gasteiger partial charge in [-0.2, -0.15) is 0 Å². The van der Waals surface area contributed by atoms with Gasteiger partial charge in [-0.25, -0.2) is 0 Å². The molecule has 0 fully saturated rings. The molecule has 2 aromatic carbocycles. The van der Waals surface area contributed by atoms with E-state index in [1.165, 1.54) is 11.1 Å². The maximum atomic E-state index is 11.5. The van der Waals surface area contributed by atoms with Crippen LogP contribution < -0.4 is 0 Å². The second-order valence-corrected chi connectivity index (χ2v) is 4.31. The molecule has 1 heteroatoms. The minimum atomic E-state index is 0.136. The maximum Gasteiger partial charge on any atom is 0.160 e. The predicted molar refractivity (Wildman–Crippen MR) is 70.4 cm³/mol. The van der Waals surface area contributed by atoms with Crippen molar-refractivity contribution in [2.45, 2.75) is 20.3 Å². The van der Waals surface area contributed by atoms with E-state index in [2.05, 4.69) is 18.2 Å². The molecule has 1 nitrogen and oxygen atoms in total. The van der Waals surface area contributed by atoms with Gasteiger partial charge in [0.1, 0.15) is 0 Å². The summed E-state index contributed by atoms with van der Waals surface area (Å²) in [6.07, 6.45) is 0.883. The lowest BCUT2D eigenvalue weighted by atomic mass is 9.95. The summed E-state index contributed by atoms with van der Waals surface area (Å²) < 4.78 is 0. The van der Waals surface area contributed by atoms with Gasteiger partial charge in [0.05, 0.1) is 0 Å². The Morgan fingerprint density at radius 1 is 1.00 bits per heavy atom.